The van der Waals surface area contributed by atoms with Gasteiger partial charge in [-0.2, -0.15) is 0 Å². The van der Waals surface area contributed by atoms with Gasteiger partial charge in [-0.15, -0.1) is 0 Å². The van der Waals surface area contributed by atoms with Crippen LogP contribution >= 0.6 is 0 Å². The van der Waals surface area contributed by atoms with Crippen molar-refractivity contribution in [2.24, 2.45) is 5.73 Å². The number of hydrogen-bond donors (Lipinski definition) is 1. The van der Waals surface area contributed by atoms with Gasteiger partial charge in [0.05, 0.1) is 7.11 Å². The van der Waals surface area contributed by atoms with Gasteiger partial charge in [0.25, 0.3) is 6.43 Å². The van der Waals surface area contributed by atoms with E-state index in [1.54, 1.807) is 12.1 Å². The highest BCUT2D eigenvalue weighted by molar-refractivity contribution is 5.49. The summed E-state index contributed by atoms with van der Waals surface area (Å²) in [6, 6.07) is 4.77. The molecule has 16 heavy (non-hydrogen) atoms. The highest BCUT2D eigenvalue weighted by Gasteiger charge is 2.47. The molecule has 4 heteroatoms. The van der Waals surface area contributed by atoms with Gasteiger partial charge in [-0.1, -0.05) is 12.1 Å². The maximum Gasteiger partial charge on any atom is 0.264 e. The molecular formula is C12H15F2NO. The lowest BCUT2D eigenvalue weighted by Gasteiger charge is -2.20. The Morgan fingerprint density at radius 3 is 2.56 bits per heavy atom. The average Bonchev–Trinajstić information content (AvgIpc) is 3.08. The normalized spacial score (nSPS) is 17.6. The lowest BCUT2D eigenvalue weighted by Crippen LogP contribution is -2.22. The maximum atomic E-state index is 12.9. The van der Waals surface area contributed by atoms with Crippen molar-refractivity contribution < 1.29 is 13.5 Å². The van der Waals surface area contributed by atoms with Crippen LogP contribution in [-0.2, 0) is 5.41 Å². The molecule has 0 aromatic heterocycles. The summed E-state index contributed by atoms with van der Waals surface area (Å²) in [5, 5.41) is 0. The molecule has 1 saturated carbocycles. The van der Waals surface area contributed by atoms with E-state index < -0.39 is 6.43 Å². The van der Waals surface area contributed by atoms with Crippen molar-refractivity contribution in [3.05, 3.63) is 29.3 Å². The molecule has 0 saturated heterocycles. The molecular weight excluding hydrogens is 212 g/mol. The Balaban J connectivity index is 2.55. The summed E-state index contributed by atoms with van der Waals surface area (Å²) in [7, 11) is 1.50. The first-order valence-electron chi connectivity index (χ1n) is 5.30. The maximum absolute atomic E-state index is 12.9. The minimum atomic E-state index is -2.48. The number of alkyl halides is 2. The standard InChI is InChI=1S/C12H15F2NO/c1-16-9-4-2-3-8(11(13)14)10(9)12(7-15)5-6-12/h2-4,11H,5-7,15H2,1H3. The number of hydrogen-bond acceptors (Lipinski definition) is 2. The van der Waals surface area contributed by atoms with Crippen molar-refractivity contribution in [1.29, 1.82) is 0 Å². The fourth-order valence-electron chi connectivity index (χ4n) is 2.17. The van der Waals surface area contributed by atoms with E-state index >= 15 is 0 Å². The van der Waals surface area contributed by atoms with Crippen molar-refractivity contribution in [1.82, 2.24) is 0 Å². The molecule has 2 nitrogen and oxygen atoms in total. The first-order valence-corrected chi connectivity index (χ1v) is 5.30. The lowest BCUT2D eigenvalue weighted by atomic mass is 9.90. The summed E-state index contributed by atoms with van der Waals surface area (Å²) < 4.78 is 31.1. The van der Waals surface area contributed by atoms with Crippen LogP contribution in [0, 0.1) is 0 Å². The van der Waals surface area contributed by atoms with Gasteiger partial charge in [-0.3, -0.25) is 0 Å². The van der Waals surface area contributed by atoms with Gasteiger partial charge in [0.2, 0.25) is 0 Å². The smallest absolute Gasteiger partial charge is 0.264 e. The van der Waals surface area contributed by atoms with Gasteiger partial charge in [0, 0.05) is 23.1 Å². The van der Waals surface area contributed by atoms with Gasteiger partial charge in [-0.25, -0.2) is 8.78 Å². The Hall–Kier alpha value is -1.16. The predicted molar refractivity (Wildman–Crippen MR) is 57.9 cm³/mol. The molecule has 0 amide bonds. The van der Waals surface area contributed by atoms with Crippen LogP contribution in [0.4, 0.5) is 8.78 Å². The van der Waals surface area contributed by atoms with Crippen LogP contribution < -0.4 is 10.5 Å². The van der Waals surface area contributed by atoms with Gasteiger partial charge < -0.3 is 10.5 Å². The molecule has 0 heterocycles. The van der Waals surface area contributed by atoms with Crippen LogP contribution in [0.3, 0.4) is 0 Å². The van der Waals surface area contributed by atoms with E-state index in [-0.39, 0.29) is 11.0 Å². The minimum absolute atomic E-state index is 0.0577. The summed E-state index contributed by atoms with van der Waals surface area (Å²) in [4.78, 5) is 0. The molecule has 2 rings (SSSR count). The lowest BCUT2D eigenvalue weighted by molar-refractivity contribution is 0.149. The summed E-state index contributed by atoms with van der Waals surface area (Å²) in [6.07, 6.45) is -0.748. The monoisotopic (exact) mass is 227 g/mol. The molecule has 0 atom stereocenters. The van der Waals surface area contributed by atoms with Crippen LogP contribution in [0.1, 0.15) is 30.4 Å². The minimum Gasteiger partial charge on any atom is -0.496 e. The van der Waals surface area contributed by atoms with Gasteiger partial charge in [0.15, 0.2) is 0 Å². The number of halogens is 2. The summed E-state index contributed by atoms with van der Waals surface area (Å²) in [5.74, 6) is 0.528. The summed E-state index contributed by atoms with van der Waals surface area (Å²) >= 11 is 0. The molecule has 1 fully saturated rings. The van der Waals surface area contributed by atoms with Crippen LogP contribution in [0.25, 0.3) is 0 Å². The second-order valence-corrected chi connectivity index (χ2v) is 4.21. The zero-order valence-electron chi connectivity index (χ0n) is 9.17. The highest BCUT2D eigenvalue weighted by atomic mass is 19.3. The number of methoxy groups -OCH3 is 1. The van der Waals surface area contributed by atoms with E-state index in [0.29, 0.717) is 17.9 Å². The largest absolute Gasteiger partial charge is 0.496 e. The third-order valence-corrected chi connectivity index (χ3v) is 3.29. The van der Waals surface area contributed by atoms with E-state index in [1.165, 1.54) is 13.2 Å². The summed E-state index contributed by atoms with van der Waals surface area (Å²) in [6.45, 7) is 0.396. The van der Waals surface area contributed by atoms with Crippen molar-refractivity contribution in [2.75, 3.05) is 13.7 Å². The second kappa shape index (κ2) is 4.01. The molecule has 1 aromatic rings. The molecule has 0 radical (unpaired) electrons. The van der Waals surface area contributed by atoms with E-state index in [1.807, 2.05) is 0 Å². The van der Waals surface area contributed by atoms with Crippen molar-refractivity contribution in [3.8, 4) is 5.75 Å². The van der Waals surface area contributed by atoms with Crippen LogP contribution in [0.15, 0.2) is 18.2 Å². The number of ether oxygens (including phenoxy) is 1. The van der Waals surface area contributed by atoms with Crippen molar-refractivity contribution in [2.45, 2.75) is 24.7 Å². The molecule has 0 bridgehead atoms. The molecule has 0 aliphatic heterocycles. The quantitative estimate of drug-likeness (QED) is 0.858. The van der Waals surface area contributed by atoms with Crippen molar-refractivity contribution >= 4 is 0 Å². The number of rotatable bonds is 4. The SMILES string of the molecule is COc1cccc(C(F)F)c1C1(CN)CC1. The van der Waals surface area contributed by atoms with E-state index in [9.17, 15) is 8.78 Å². The predicted octanol–water partition coefficient (Wildman–Crippen LogP) is 2.62. The van der Waals surface area contributed by atoms with Gasteiger partial charge in [-0.05, 0) is 18.9 Å². The zero-order chi connectivity index (χ0) is 11.8. The van der Waals surface area contributed by atoms with E-state index in [0.717, 1.165) is 12.8 Å². The Labute approximate surface area is 93.4 Å². The molecule has 1 aliphatic carbocycles. The fourth-order valence-corrected chi connectivity index (χ4v) is 2.17. The number of nitrogens with two attached hydrogens (primary N) is 1. The first kappa shape index (κ1) is 11.3. The van der Waals surface area contributed by atoms with E-state index in [4.69, 9.17) is 10.5 Å². The third kappa shape index (κ3) is 1.67. The van der Waals surface area contributed by atoms with E-state index in [2.05, 4.69) is 0 Å². The van der Waals surface area contributed by atoms with Crippen LogP contribution in [0.2, 0.25) is 0 Å². The Morgan fingerprint density at radius 2 is 2.12 bits per heavy atom. The first-order chi connectivity index (χ1) is 7.64. The Morgan fingerprint density at radius 1 is 1.44 bits per heavy atom. The van der Waals surface area contributed by atoms with Gasteiger partial charge >= 0.3 is 0 Å². The summed E-state index contributed by atoms with van der Waals surface area (Å²) in [5.41, 5.74) is 6.08. The highest BCUT2D eigenvalue weighted by Crippen LogP contribution is 2.53. The van der Waals surface area contributed by atoms with Crippen LogP contribution in [0.5, 0.6) is 5.75 Å². The zero-order valence-corrected chi connectivity index (χ0v) is 9.17. The Bertz CT molecular complexity index is 389. The molecule has 88 valence electrons. The molecule has 1 aliphatic rings. The third-order valence-electron chi connectivity index (χ3n) is 3.29. The topological polar surface area (TPSA) is 35.2 Å². The molecule has 2 N–H and O–H groups in total. The fraction of sp³-hybridized carbons (Fsp3) is 0.500. The Kier molecular flexibility index (Phi) is 2.84. The molecule has 0 unspecified atom stereocenters. The number of benzene rings is 1. The van der Waals surface area contributed by atoms with Crippen LogP contribution in [-0.4, -0.2) is 13.7 Å². The molecule has 0 spiro atoms. The molecule has 1 aromatic carbocycles. The second-order valence-electron chi connectivity index (χ2n) is 4.21. The average molecular weight is 227 g/mol. The van der Waals surface area contributed by atoms with Gasteiger partial charge in [0.1, 0.15) is 5.75 Å². The van der Waals surface area contributed by atoms with Crippen molar-refractivity contribution in [3.63, 3.8) is 0 Å².